The van der Waals surface area contributed by atoms with Gasteiger partial charge in [-0.15, -0.1) is 0 Å². The average Bonchev–Trinajstić information content (AvgIpc) is 1.72. The molecular formula is C4H13BNNaO. The summed E-state index contributed by atoms with van der Waals surface area (Å²) in [6.07, 6.45) is 0. The third-order valence-corrected chi connectivity index (χ3v) is 0.846. The molecule has 1 fully saturated rings. The maximum Gasteiger partial charge on any atom is 1.00 e. The van der Waals surface area contributed by atoms with Crippen LogP contribution in [-0.4, -0.2) is 34.7 Å². The number of morpholine rings is 1. The molecule has 0 amide bonds. The molecule has 2 nitrogen and oxygen atoms in total. The summed E-state index contributed by atoms with van der Waals surface area (Å²) in [6, 6.07) is 0. The van der Waals surface area contributed by atoms with Crippen LogP contribution in [0.5, 0.6) is 0 Å². The summed E-state index contributed by atoms with van der Waals surface area (Å²) in [7, 11) is 0. The van der Waals surface area contributed by atoms with Gasteiger partial charge in [0.15, 0.2) is 0 Å². The molecule has 0 unspecified atom stereocenters. The Morgan fingerprint density at radius 3 is 1.75 bits per heavy atom. The van der Waals surface area contributed by atoms with E-state index in [1.165, 1.54) is 0 Å². The fourth-order valence-electron chi connectivity index (χ4n) is 0.516. The van der Waals surface area contributed by atoms with Crippen LogP contribution in [0, 0.1) is 0 Å². The fourth-order valence-corrected chi connectivity index (χ4v) is 0.516. The van der Waals surface area contributed by atoms with Crippen molar-refractivity contribution < 1.29 is 34.3 Å². The van der Waals surface area contributed by atoms with E-state index < -0.39 is 0 Å². The van der Waals surface area contributed by atoms with Crippen LogP contribution in [0.4, 0.5) is 0 Å². The van der Waals surface area contributed by atoms with Crippen LogP contribution >= 0.6 is 0 Å². The molecule has 0 atom stereocenters. The molecule has 0 aliphatic carbocycles. The normalized spacial score (nSPS) is 18.0. The van der Waals surface area contributed by atoms with Gasteiger partial charge in [-0.25, -0.2) is 0 Å². The predicted molar refractivity (Wildman–Crippen MR) is 35.0 cm³/mol. The molecule has 1 heterocycles. The zero-order chi connectivity index (χ0) is 4.24. The summed E-state index contributed by atoms with van der Waals surface area (Å²) in [6.45, 7) is 3.83. The predicted octanol–water partition coefficient (Wildman–Crippen LogP) is -4.84. The maximum absolute atomic E-state index is 5.01. The monoisotopic (exact) mass is 125 g/mol. The zero-order valence-corrected chi connectivity index (χ0v) is 6.74. The third-order valence-electron chi connectivity index (χ3n) is 0.846. The summed E-state index contributed by atoms with van der Waals surface area (Å²) in [5, 5.41) is 3.16. The van der Waals surface area contributed by atoms with E-state index in [9.17, 15) is 0 Å². The quantitative estimate of drug-likeness (QED) is 0.328. The summed E-state index contributed by atoms with van der Waals surface area (Å²) in [5.41, 5.74) is 0. The fraction of sp³-hybridized carbons (Fsp3) is 1.00. The summed E-state index contributed by atoms with van der Waals surface area (Å²) in [4.78, 5) is 0. The van der Waals surface area contributed by atoms with Gasteiger partial charge in [0, 0.05) is 13.1 Å². The van der Waals surface area contributed by atoms with Gasteiger partial charge in [0.05, 0.1) is 13.2 Å². The SMILES string of the molecule is C1COCCN1.[BH4-].[Na+]. The van der Waals surface area contributed by atoms with Gasteiger partial charge in [0.2, 0.25) is 0 Å². The van der Waals surface area contributed by atoms with Crippen LogP contribution in [0.3, 0.4) is 0 Å². The smallest absolute Gasteiger partial charge is 0.379 e. The second-order valence-electron chi connectivity index (χ2n) is 1.36. The Hall–Kier alpha value is 0.985. The molecule has 0 bridgehead atoms. The number of hydrogen-bond acceptors (Lipinski definition) is 2. The Labute approximate surface area is 74.2 Å². The first-order valence-electron chi connectivity index (χ1n) is 2.28. The van der Waals surface area contributed by atoms with Crippen molar-refractivity contribution >= 4 is 8.41 Å². The molecule has 0 spiro atoms. The van der Waals surface area contributed by atoms with Crippen molar-refractivity contribution in [3.05, 3.63) is 0 Å². The number of rotatable bonds is 0. The minimum absolute atomic E-state index is 0. The van der Waals surface area contributed by atoms with Gasteiger partial charge in [-0.05, 0) is 0 Å². The van der Waals surface area contributed by atoms with Gasteiger partial charge in [0.25, 0.3) is 0 Å². The van der Waals surface area contributed by atoms with Crippen molar-refractivity contribution in [3.8, 4) is 0 Å². The topological polar surface area (TPSA) is 21.3 Å². The van der Waals surface area contributed by atoms with E-state index in [0.717, 1.165) is 26.3 Å². The Morgan fingerprint density at radius 1 is 1.12 bits per heavy atom. The first-order chi connectivity index (χ1) is 3.00. The van der Waals surface area contributed by atoms with Gasteiger partial charge in [-0.1, -0.05) is 8.41 Å². The molecule has 1 N–H and O–H groups in total. The Balaban J connectivity index is 0. The molecule has 1 rings (SSSR count). The molecular weight excluding hydrogens is 112 g/mol. The Kier molecular flexibility index (Phi) is 11.7. The molecule has 0 aromatic rings. The molecule has 4 heteroatoms. The molecule has 8 heavy (non-hydrogen) atoms. The van der Waals surface area contributed by atoms with Crippen molar-refractivity contribution in [1.29, 1.82) is 0 Å². The molecule has 0 aromatic heterocycles. The Bertz CT molecular complexity index is 31.5. The average molecular weight is 125 g/mol. The maximum atomic E-state index is 5.01. The summed E-state index contributed by atoms with van der Waals surface area (Å²) < 4.78 is 5.01. The summed E-state index contributed by atoms with van der Waals surface area (Å²) >= 11 is 0. The number of nitrogens with one attached hydrogen (secondary N) is 1. The molecule has 0 radical (unpaired) electrons. The van der Waals surface area contributed by atoms with Gasteiger partial charge in [-0.2, -0.15) is 0 Å². The van der Waals surface area contributed by atoms with E-state index in [-0.39, 0.29) is 38.0 Å². The minimum atomic E-state index is 0. The van der Waals surface area contributed by atoms with E-state index >= 15 is 0 Å². The van der Waals surface area contributed by atoms with E-state index in [2.05, 4.69) is 5.32 Å². The number of ether oxygens (including phenoxy) is 1. The third kappa shape index (κ3) is 5.13. The molecule has 44 valence electrons. The van der Waals surface area contributed by atoms with Gasteiger partial charge < -0.3 is 10.1 Å². The molecule has 0 aromatic carbocycles. The first-order valence-corrected chi connectivity index (χ1v) is 2.28. The largest absolute Gasteiger partial charge is 1.00 e. The minimum Gasteiger partial charge on any atom is -0.379 e. The van der Waals surface area contributed by atoms with Crippen LogP contribution < -0.4 is 34.9 Å². The van der Waals surface area contributed by atoms with Crippen LogP contribution in [0.25, 0.3) is 0 Å². The van der Waals surface area contributed by atoms with Gasteiger partial charge in [0.1, 0.15) is 0 Å². The van der Waals surface area contributed by atoms with E-state index in [4.69, 9.17) is 4.74 Å². The van der Waals surface area contributed by atoms with Crippen LogP contribution in [0.1, 0.15) is 0 Å². The van der Waals surface area contributed by atoms with Gasteiger partial charge in [-0.3, -0.25) is 0 Å². The van der Waals surface area contributed by atoms with Crippen LogP contribution in [0.2, 0.25) is 0 Å². The second kappa shape index (κ2) is 7.98. The molecule has 0 saturated carbocycles. The molecule has 1 aliphatic heterocycles. The van der Waals surface area contributed by atoms with E-state index in [1.807, 2.05) is 0 Å². The molecule has 1 saturated heterocycles. The zero-order valence-electron chi connectivity index (χ0n) is 4.74. The second-order valence-corrected chi connectivity index (χ2v) is 1.36. The van der Waals surface area contributed by atoms with Crippen LogP contribution in [-0.2, 0) is 4.74 Å². The van der Waals surface area contributed by atoms with Crippen molar-refractivity contribution in [2.24, 2.45) is 0 Å². The van der Waals surface area contributed by atoms with Crippen molar-refractivity contribution in [2.45, 2.75) is 0 Å². The van der Waals surface area contributed by atoms with Gasteiger partial charge >= 0.3 is 29.6 Å². The van der Waals surface area contributed by atoms with Crippen molar-refractivity contribution in [1.82, 2.24) is 5.32 Å². The van der Waals surface area contributed by atoms with E-state index in [1.54, 1.807) is 0 Å². The van der Waals surface area contributed by atoms with Crippen molar-refractivity contribution in [3.63, 3.8) is 0 Å². The first kappa shape index (κ1) is 11.7. The van der Waals surface area contributed by atoms with E-state index in [0.29, 0.717) is 0 Å². The summed E-state index contributed by atoms with van der Waals surface area (Å²) in [5.74, 6) is 0. The standard InChI is InChI=1S/C4H9NO.BH4.Na/c1-3-6-4-2-5-1;;/h5H,1-4H2;1H4;/q;-1;+1. The van der Waals surface area contributed by atoms with Crippen molar-refractivity contribution in [2.75, 3.05) is 26.3 Å². The van der Waals surface area contributed by atoms with Crippen LogP contribution in [0.15, 0.2) is 0 Å². The number of hydrogen-bond donors (Lipinski definition) is 1. The molecule has 1 aliphatic rings. The Morgan fingerprint density at radius 2 is 1.62 bits per heavy atom.